The quantitative estimate of drug-likeness (QED) is 0.601. The van der Waals surface area contributed by atoms with Crippen LogP contribution in [0.3, 0.4) is 0 Å². The van der Waals surface area contributed by atoms with Crippen molar-refractivity contribution in [1.82, 2.24) is 20.2 Å². The van der Waals surface area contributed by atoms with Crippen molar-refractivity contribution < 1.29 is 9.66 Å². The third kappa shape index (κ3) is 2.72. The van der Waals surface area contributed by atoms with Crippen molar-refractivity contribution >= 4 is 5.69 Å². The molecule has 1 aromatic carbocycles. The van der Waals surface area contributed by atoms with Gasteiger partial charge in [-0.15, -0.1) is 5.10 Å². The number of nitrogens with zero attached hydrogens (tertiary/aromatic N) is 5. The van der Waals surface area contributed by atoms with Gasteiger partial charge in [-0.2, -0.15) is 4.68 Å². The Bertz CT molecular complexity index is 612. The van der Waals surface area contributed by atoms with Gasteiger partial charge in [-0.3, -0.25) is 10.1 Å². The standard InChI is InChI=1S/C11H14N6O3/c1-20-10-5-4-8(17(18)19)7-9(10)16-11(3-2-6-12)13-14-15-16/h4-5,7H,2-3,6,12H2,1H3. The average Bonchev–Trinajstić information content (AvgIpc) is 2.92. The van der Waals surface area contributed by atoms with E-state index in [1.54, 1.807) is 0 Å². The van der Waals surface area contributed by atoms with E-state index in [2.05, 4.69) is 15.5 Å². The second-order valence-corrected chi connectivity index (χ2v) is 4.01. The predicted octanol–water partition coefficient (Wildman–Crippen LogP) is 0.470. The number of non-ortho nitro benzene ring substituents is 1. The first-order valence-corrected chi connectivity index (χ1v) is 5.97. The minimum Gasteiger partial charge on any atom is -0.494 e. The summed E-state index contributed by atoms with van der Waals surface area (Å²) in [7, 11) is 1.48. The average molecular weight is 278 g/mol. The molecule has 1 heterocycles. The maximum Gasteiger partial charge on any atom is 0.271 e. The Morgan fingerprint density at radius 1 is 1.50 bits per heavy atom. The van der Waals surface area contributed by atoms with Gasteiger partial charge in [0.1, 0.15) is 11.4 Å². The van der Waals surface area contributed by atoms with E-state index in [9.17, 15) is 10.1 Å². The molecule has 2 N–H and O–H groups in total. The molecule has 9 nitrogen and oxygen atoms in total. The molecule has 106 valence electrons. The lowest BCUT2D eigenvalue weighted by atomic mass is 10.2. The summed E-state index contributed by atoms with van der Waals surface area (Å²) >= 11 is 0. The van der Waals surface area contributed by atoms with Crippen LogP contribution in [0.5, 0.6) is 5.75 Å². The minimum absolute atomic E-state index is 0.0546. The zero-order valence-electron chi connectivity index (χ0n) is 10.9. The molecular weight excluding hydrogens is 264 g/mol. The normalized spacial score (nSPS) is 10.5. The molecule has 20 heavy (non-hydrogen) atoms. The monoisotopic (exact) mass is 278 g/mol. The third-order valence-electron chi connectivity index (χ3n) is 2.74. The number of aromatic nitrogens is 4. The minimum atomic E-state index is -0.479. The molecule has 0 fully saturated rings. The first-order valence-electron chi connectivity index (χ1n) is 5.97. The number of nitro groups is 1. The number of tetrazole rings is 1. The lowest BCUT2D eigenvalue weighted by Gasteiger charge is -2.09. The second-order valence-electron chi connectivity index (χ2n) is 4.01. The van der Waals surface area contributed by atoms with Crippen molar-refractivity contribution in [3.8, 4) is 11.4 Å². The topological polar surface area (TPSA) is 122 Å². The third-order valence-corrected chi connectivity index (χ3v) is 2.74. The molecular formula is C11H14N6O3. The van der Waals surface area contributed by atoms with Crippen molar-refractivity contribution in [2.24, 2.45) is 5.73 Å². The molecule has 0 aliphatic heterocycles. The Kier molecular flexibility index (Phi) is 4.20. The van der Waals surface area contributed by atoms with Crippen LogP contribution in [0.15, 0.2) is 18.2 Å². The predicted molar refractivity (Wildman–Crippen MR) is 69.7 cm³/mol. The Balaban J connectivity index is 2.47. The van der Waals surface area contributed by atoms with E-state index in [-0.39, 0.29) is 5.69 Å². The van der Waals surface area contributed by atoms with Crippen molar-refractivity contribution in [2.45, 2.75) is 12.8 Å². The first kappa shape index (κ1) is 13.9. The number of hydrogen-bond donors (Lipinski definition) is 1. The van der Waals surface area contributed by atoms with Crippen molar-refractivity contribution in [3.63, 3.8) is 0 Å². The highest BCUT2D eigenvalue weighted by molar-refractivity contribution is 5.53. The van der Waals surface area contributed by atoms with Crippen LogP contribution in [0.1, 0.15) is 12.2 Å². The van der Waals surface area contributed by atoms with Gasteiger partial charge in [0.25, 0.3) is 5.69 Å². The van der Waals surface area contributed by atoms with Crippen molar-refractivity contribution in [2.75, 3.05) is 13.7 Å². The molecule has 0 bridgehead atoms. The number of nitro benzene ring substituents is 1. The number of ether oxygens (including phenoxy) is 1. The zero-order chi connectivity index (χ0) is 14.5. The van der Waals surface area contributed by atoms with Gasteiger partial charge in [-0.1, -0.05) is 0 Å². The van der Waals surface area contributed by atoms with Gasteiger partial charge in [0, 0.05) is 18.6 Å². The second kappa shape index (κ2) is 6.06. The lowest BCUT2D eigenvalue weighted by molar-refractivity contribution is -0.384. The summed E-state index contributed by atoms with van der Waals surface area (Å²) in [5, 5.41) is 22.2. The SMILES string of the molecule is COc1ccc([N+](=O)[O-])cc1-n1nnnc1CCCN. The number of hydrogen-bond acceptors (Lipinski definition) is 7. The molecule has 0 amide bonds. The van der Waals surface area contributed by atoms with E-state index in [1.165, 1.54) is 30.0 Å². The summed E-state index contributed by atoms with van der Waals surface area (Å²) in [5.74, 6) is 1.03. The maximum absolute atomic E-state index is 10.9. The fourth-order valence-electron chi connectivity index (χ4n) is 1.77. The summed E-state index contributed by atoms with van der Waals surface area (Å²) in [4.78, 5) is 10.4. The van der Waals surface area contributed by atoms with E-state index in [4.69, 9.17) is 10.5 Å². The Labute approximate surface area is 114 Å². The molecule has 0 radical (unpaired) electrons. The van der Waals surface area contributed by atoms with Crippen LogP contribution in [0.2, 0.25) is 0 Å². The molecule has 0 saturated carbocycles. The van der Waals surface area contributed by atoms with Crippen LogP contribution in [-0.2, 0) is 6.42 Å². The molecule has 0 unspecified atom stereocenters. The molecule has 0 spiro atoms. The number of nitrogens with two attached hydrogens (primary N) is 1. The molecule has 0 atom stereocenters. The van der Waals surface area contributed by atoms with Gasteiger partial charge < -0.3 is 10.5 Å². The highest BCUT2D eigenvalue weighted by Crippen LogP contribution is 2.27. The number of aryl methyl sites for hydroxylation is 1. The van der Waals surface area contributed by atoms with Crippen LogP contribution >= 0.6 is 0 Å². The highest BCUT2D eigenvalue weighted by atomic mass is 16.6. The summed E-state index contributed by atoms with van der Waals surface area (Å²) in [6, 6.07) is 4.26. The maximum atomic E-state index is 10.9. The van der Waals surface area contributed by atoms with Gasteiger partial charge in [-0.25, -0.2) is 0 Å². The van der Waals surface area contributed by atoms with Gasteiger partial charge in [0.15, 0.2) is 5.82 Å². The molecule has 1 aromatic heterocycles. The van der Waals surface area contributed by atoms with E-state index in [1.807, 2.05) is 0 Å². The van der Waals surface area contributed by atoms with E-state index in [0.29, 0.717) is 30.2 Å². The van der Waals surface area contributed by atoms with Gasteiger partial charge in [0.2, 0.25) is 0 Å². The fourth-order valence-corrected chi connectivity index (χ4v) is 1.77. The first-order chi connectivity index (χ1) is 9.67. The smallest absolute Gasteiger partial charge is 0.271 e. The van der Waals surface area contributed by atoms with Crippen LogP contribution in [0, 0.1) is 10.1 Å². The summed E-state index contributed by atoms with van der Waals surface area (Å²) in [6.07, 6.45) is 1.30. The van der Waals surface area contributed by atoms with E-state index in [0.717, 1.165) is 6.42 Å². The highest BCUT2D eigenvalue weighted by Gasteiger charge is 2.17. The number of benzene rings is 1. The van der Waals surface area contributed by atoms with Crippen LogP contribution < -0.4 is 10.5 Å². The van der Waals surface area contributed by atoms with E-state index < -0.39 is 4.92 Å². The van der Waals surface area contributed by atoms with Crippen LogP contribution in [0.4, 0.5) is 5.69 Å². The van der Waals surface area contributed by atoms with Crippen molar-refractivity contribution in [1.29, 1.82) is 0 Å². The molecule has 9 heteroatoms. The summed E-state index contributed by atoms with van der Waals surface area (Å²) in [6.45, 7) is 0.513. The van der Waals surface area contributed by atoms with E-state index >= 15 is 0 Å². The Morgan fingerprint density at radius 3 is 2.95 bits per heavy atom. The zero-order valence-corrected chi connectivity index (χ0v) is 10.9. The molecule has 0 aliphatic rings. The number of methoxy groups -OCH3 is 1. The largest absolute Gasteiger partial charge is 0.494 e. The summed E-state index contributed by atoms with van der Waals surface area (Å²) < 4.78 is 6.63. The Morgan fingerprint density at radius 2 is 2.30 bits per heavy atom. The summed E-state index contributed by atoms with van der Waals surface area (Å²) in [5.41, 5.74) is 5.84. The molecule has 2 rings (SSSR count). The van der Waals surface area contributed by atoms with Gasteiger partial charge in [-0.05, 0) is 29.5 Å². The van der Waals surface area contributed by atoms with Crippen LogP contribution in [-0.4, -0.2) is 38.8 Å². The fraction of sp³-hybridized carbons (Fsp3) is 0.364. The van der Waals surface area contributed by atoms with Crippen molar-refractivity contribution in [3.05, 3.63) is 34.1 Å². The van der Waals surface area contributed by atoms with Gasteiger partial charge in [0.05, 0.1) is 12.0 Å². The number of rotatable bonds is 6. The molecule has 2 aromatic rings. The molecule has 0 saturated heterocycles. The van der Waals surface area contributed by atoms with Crippen LogP contribution in [0.25, 0.3) is 5.69 Å². The Hall–Kier alpha value is -2.55. The molecule has 0 aliphatic carbocycles. The lowest BCUT2D eigenvalue weighted by Crippen LogP contribution is -2.08. The van der Waals surface area contributed by atoms with Gasteiger partial charge >= 0.3 is 0 Å².